The van der Waals surface area contributed by atoms with Crippen molar-refractivity contribution in [1.29, 1.82) is 0 Å². The molecule has 0 N–H and O–H groups in total. The molecule has 3 rings (SSSR count). The van der Waals surface area contributed by atoms with Crippen LogP contribution in [0.5, 0.6) is 5.88 Å². The molecule has 1 unspecified atom stereocenters. The Hall–Kier alpha value is -3.29. The van der Waals surface area contributed by atoms with Crippen LogP contribution in [-0.4, -0.2) is 50.5 Å². The Balaban J connectivity index is 0.000000321. The number of aromatic nitrogens is 4. The first-order valence-corrected chi connectivity index (χ1v) is 11.4. The number of ether oxygens (including phenoxy) is 1. The molecule has 0 spiro atoms. The number of hydrogen-bond donors (Lipinski definition) is 0. The van der Waals surface area contributed by atoms with Crippen molar-refractivity contribution >= 4 is 5.91 Å². The summed E-state index contributed by atoms with van der Waals surface area (Å²) in [6.07, 6.45) is 8.65. The standard InChI is InChI=1S/C18H26N4O.C7H8FNO/c1-5-7-8-15(6-2)21(4)18(23)16-13-14(3)9-10-17(16)22-19-11-12-20-22;1-2-10-7-4-3-6(8)5-9-7/h9-13,15H,5-8H2,1-4H3;3-5H,2H2,1H3. The number of unbranched alkanes of at least 4 members (excludes halogenated alkanes) is 1. The van der Waals surface area contributed by atoms with Crippen molar-refractivity contribution in [3.8, 4) is 11.6 Å². The SMILES string of the molecule is CCCCC(CC)N(C)C(=O)c1cc(C)ccc1-n1nccn1.CCOc1ccc(F)cn1. The van der Waals surface area contributed by atoms with E-state index in [0.29, 0.717) is 18.1 Å². The summed E-state index contributed by atoms with van der Waals surface area (Å²) in [4.78, 5) is 20.1. The van der Waals surface area contributed by atoms with Crippen molar-refractivity contribution in [1.82, 2.24) is 24.9 Å². The molecule has 0 saturated carbocycles. The highest BCUT2D eigenvalue weighted by molar-refractivity contribution is 5.98. The first-order valence-electron chi connectivity index (χ1n) is 11.4. The maximum Gasteiger partial charge on any atom is 0.256 e. The summed E-state index contributed by atoms with van der Waals surface area (Å²) in [5.41, 5.74) is 2.43. The van der Waals surface area contributed by atoms with Gasteiger partial charge in [-0.25, -0.2) is 9.37 Å². The summed E-state index contributed by atoms with van der Waals surface area (Å²) in [6.45, 7) is 8.71. The molecule has 33 heavy (non-hydrogen) atoms. The van der Waals surface area contributed by atoms with E-state index >= 15 is 0 Å². The van der Waals surface area contributed by atoms with Crippen LogP contribution in [0.3, 0.4) is 0 Å². The molecule has 0 saturated heterocycles. The molecule has 1 amide bonds. The molecule has 0 radical (unpaired) electrons. The highest BCUT2D eigenvalue weighted by Gasteiger charge is 2.23. The molecule has 3 aromatic rings. The second-order valence-corrected chi connectivity index (χ2v) is 7.71. The molecule has 0 aliphatic carbocycles. The first-order chi connectivity index (χ1) is 15.9. The lowest BCUT2D eigenvalue weighted by Gasteiger charge is -2.28. The van der Waals surface area contributed by atoms with Gasteiger partial charge < -0.3 is 9.64 Å². The summed E-state index contributed by atoms with van der Waals surface area (Å²) in [5, 5.41) is 8.34. The maximum absolute atomic E-state index is 13.0. The van der Waals surface area contributed by atoms with E-state index in [1.807, 2.05) is 44.0 Å². The fourth-order valence-electron chi connectivity index (χ4n) is 3.40. The number of benzene rings is 1. The molecule has 1 aromatic carbocycles. The number of nitrogens with zero attached hydrogens (tertiary/aromatic N) is 5. The highest BCUT2D eigenvalue weighted by atomic mass is 19.1. The average molecular weight is 456 g/mol. The average Bonchev–Trinajstić information content (AvgIpc) is 3.36. The van der Waals surface area contributed by atoms with Crippen LogP contribution >= 0.6 is 0 Å². The van der Waals surface area contributed by atoms with Crippen molar-refractivity contribution in [2.45, 2.75) is 59.4 Å². The van der Waals surface area contributed by atoms with Gasteiger partial charge in [0, 0.05) is 19.2 Å². The Kier molecular flexibility index (Phi) is 10.5. The summed E-state index contributed by atoms with van der Waals surface area (Å²) >= 11 is 0. The number of pyridine rings is 1. The lowest BCUT2D eigenvalue weighted by molar-refractivity contribution is 0.0717. The number of rotatable bonds is 9. The third-order valence-corrected chi connectivity index (χ3v) is 5.24. The summed E-state index contributed by atoms with van der Waals surface area (Å²) in [5.74, 6) is 0.149. The number of hydrogen-bond acceptors (Lipinski definition) is 5. The van der Waals surface area contributed by atoms with Gasteiger partial charge in [0.15, 0.2) is 0 Å². The van der Waals surface area contributed by atoms with Gasteiger partial charge in [-0.1, -0.05) is 38.3 Å². The van der Waals surface area contributed by atoms with Crippen LogP contribution in [0.4, 0.5) is 4.39 Å². The monoisotopic (exact) mass is 455 g/mol. The molecule has 7 nitrogen and oxygen atoms in total. The van der Waals surface area contributed by atoms with E-state index in [-0.39, 0.29) is 17.8 Å². The Morgan fingerprint density at radius 3 is 2.45 bits per heavy atom. The minimum Gasteiger partial charge on any atom is -0.478 e. The van der Waals surface area contributed by atoms with E-state index in [9.17, 15) is 9.18 Å². The fraction of sp³-hybridized carbons (Fsp3) is 0.440. The van der Waals surface area contributed by atoms with Crippen molar-refractivity contribution in [3.63, 3.8) is 0 Å². The number of halogens is 1. The predicted octanol–water partition coefficient (Wildman–Crippen LogP) is 5.24. The van der Waals surface area contributed by atoms with Crippen molar-refractivity contribution in [3.05, 3.63) is 65.9 Å². The molecule has 178 valence electrons. The van der Waals surface area contributed by atoms with Crippen molar-refractivity contribution < 1.29 is 13.9 Å². The van der Waals surface area contributed by atoms with E-state index in [4.69, 9.17) is 4.74 Å². The molecule has 0 aliphatic heterocycles. The third kappa shape index (κ3) is 7.66. The van der Waals surface area contributed by atoms with Gasteiger partial charge in [-0.15, -0.1) is 0 Å². The summed E-state index contributed by atoms with van der Waals surface area (Å²) < 4.78 is 17.2. The van der Waals surface area contributed by atoms with Gasteiger partial charge in [0.05, 0.1) is 36.4 Å². The Labute approximate surface area is 195 Å². The van der Waals surface area contributed by atoms with Crippen molar-refractivity contribution in [2.75, 3.05) is 13.7 Å². The van der Waals surface area contributed by atoms with Crippen LogP contribution in [0.25, 0.3) is 5.69 Å². The minimum absolute atomic E-state index is 0.0314. The van der Waals surface area contributed by atoms with E-state index in [2.05, 4.69) is 29.0 Å². The normalized spacial score (nSPS) is 11.3. The second-order valence-electron chi connectivity index (χ2n) is 7.71. The lowest BCUT2D eigenvalue weighted by atomic mass is 10.0. The minimum atomic E-state index is -0.344. The Morgan fingerprint density at radius 2 is 1.88 bits per heavy atom. The van der Waals surface area contributed by atoms with E-state index in [1.54, 1.807) is 12.4 Å². The molecule has 2 heterocycles. The zero-order valence-corrected chi connectivity index (χ0v) is 20.2. The summed E-state index contributed by atoms with van der Waals surface area (Å²) in [6, 6.07) is 8.88. The van der Waals surface area contributed by atoms with Crippen LogP contribution in [0.2, 0.25) is 0 Å². The smallest absolute Gasteiger partial charge is 0.256 e. The molecule has 2 aromatic heterocycles. The van der Waals surface area contributed by atoms with Crippen LogP contribution in [0, 0.1) is 12.7 Å². The van der Waals surface area contributed by atoms with Gasteiger partial charge >= 0.3 is 0 Å². The van der Waals surface area contributed by atoms with Gasteiger partial charge in [-0.3, -0.25) is 4.79 Å². The largest absolute Gasteiger partial charge is 0.478 e. The fourth-order valence-corrected chi connectivity index (χ4v) is 3.40. The predicted molar refractivity (Wildman–Crippen MR) is 127 cm³/mol. The number of amides is 1. The molecular weight excluding hydrogens is 421 g/mol. The van der Waals surface area contributed by atoms with Crippen LogP contribution in [0.1, 0.15) is 62.4 Å². The number of carbonyl (C=O) groups is 1. The number of carbonyl (C=O) groups excluding carboxylic acids is 1. The van der Waals surface area contributed by atoms with Gasteiger partial charge in [-0.05, 0) is 44.9 Å². The molecule has 0 bridgehead atoms. The topological polar surface area (TPSA) is 73.1 Å². The second kappa shape index (κ2) is 13.3. The number of aryl methyl sites for hydroxylation is 1. The zero-order valence-electron chi connectivity index (χ0n) is 20.2. The molecular formula is C25H34FN5O2. The van der Waals surface area contributed by atoms with Gasteiger partial charge in [-0.2, -0.15) is 15.0 Å². The maximum atomic E-state index is 13.0. The third-order valence-electron chi connectivity index (χ3n) is 5.24. The Bertz CT molecular complexity index is 977. The van der Waals surface area contributed by atoms with Gasteiger partial charge in [0.25, 0.3) is 5.91 Å². The first kappa shape index (κ1) is 26.0. The molecule has 8 heteroatoms. The van der Waals surface area contributed by atoms with Crippen LogP contribution in [-0.2, 0) is 0 Å². The zero-order chi connectivity index (χ0) is 24.2. The van der Waals surface area contributed by atoms with Crippen LogP contribution in [0.15, 0.2) is 48.9 Å². The van der Waals surface area contributed by atoms with Crippen molar-refractivity contribution in [2.24, 2.45) is 0 Å². The van der Waals surface area contributed by atoms with Crippen LogP contribution < -0.4 is 4.74 Å². The van der Waals surface area contributed by atoms with E-state index in [0.717, 1.165) is 43.1 Å². The molecule has 1 atom stereocenters. The summed E-state index contributed by atoms with van der Waals surface area (Å²) in [7, 11) is 1.90. The highest BCUT2D eigenvalue weighted by Crippen LogP contribution is 2.20. The van der Waals surface area contributed by atoms with E-state index < -0.39 is 0 Å². The quantitative estimate of drug-likeness (QED) is 0.441. The molecule has 0 aliphatic rings. The Morgan fingerprint density at radius 1 is 1.15 bits per heavy atom. The molecule has 0 fully saturated rings. The van der Waals surface area contributed by atoms with E-state index in [1.165, 1.54) is 16.9 Å². The lowest BCUT2D eigenvalue weighted by Crippen LogP contribution is -2.37. The van der Waals surface area contributed by atoms with Gasteiger partial charge in [0.1, 0.15) is 5.82 Å². The van der Waals surface area contributed by atoms with Gasteiger partial charge in [0.2, 0.25) is 5.88 Å².